The largest absolute Gasteiger partial charge is 0.317 e. The van der Waals surface area contributed by atoms with Crippen molar-refractivity contribution in [2.45, 2.75) is 51.5 Å². The Morgan fingerprint density at radius 1 is 1.00 bits per heavy atom. The van der Waals surface area contributed by atoms with E-state index in [1.807, 2.05) is 0 Å². The first kappa shape index (κ1) is 13.1. The molecule has 0 aromatic rings. The number of amides is 2. The summed E-state index contributed by atoms with van der Waals surface area (Å²) in [5.41, 5.74) is 0. The van der Waals surface area contributed by atoms with Gasteiger partial charge in [-0.3, -0.25) is 14.5 Å². The molecule has 2 aliphatic heterocycles. The summed E-state index contributed by atoms with van der Waals surface area (Å²) in [7, 11) is 0. The molecule has 3 fully saturated rings. The van der Waals surface area contributed by atoms with Crippen LogP contribution in [0.25, 0.3) is 0 Å². The molecule has 2 heterocycles. The summed E-state index contributed by atoms with van der Waals surface area (Å²) < 4.78 is 0. The molecule has 3 rings (SSSR count). The van der Waals surface area contributed by atoms with Crippen LogP contribution < -0.4 is 5.32 Å². The quantitative estimate of drug-likeness (QED) is 0.770. The summed E-state index contributed by atoms with van der Waals surface area (Å²) in [5, 5.41) is 3.34. The van der Waals surface area contributed by atoms with Crippen LogP contribution in [0.2, 0.25) is 0 Å². The molecular formula is C15H24N2O2. The van der Waals surface area contributed by atoms with Crippen LogP contribution in [-0.4, -0.2) is 35.8 Å². The second kappa shape index (κ2) is 5.23. The average molecular weight is 264 g/mol. The van der Waals surface area contributed by atoms with Gasteiger partial charge >= 0.3 is 0 Å². The van der Waals surface area contributed by atoms with Gasteiger partial charge in [0, 0.05) is 6.04 Å². The number of piperidine rings is 1. The van der Waals surface area contributed by atoms with Crippen LogP contribution in [0.4, 0.5) is 0 Å². The molecule has 1 saturated carbocycles. The maximum atomic E-state index is 12.5. The zero-order valence-electron chi connectivity index (χ0n) is 11.7. The zero-order valence-corrected chi connectivity index (χ0v) is 11.7. The molecule has 1 N–H and O–H groups in total. The third-order valence-electron chi connectivity index (χ3n) is 5.35. The van der Waals surface area contributed by atoms with Crippen molar-refractivity contribution in [3.05, 3.63) is 0 Å². The van der Waals surface area contributed by atoms with Crippen LogP contribution in [0.3, 0.4) is 0 Å². The van der Waals surface area contributed by atoms with Gasteiger partial charge in [0.15, 0.2) is 0 Å². The van der Waals surface area contributed by atoms with Gasteiger partial charge in [-0.15, -0.1) is 0 Å². The molecule has 4 heteroatoms. The highest BCUT2D eigenvalue weighted by Crippen LogP contribution is 2.40. The van der Waals surface area contributed by atoms with Crippen molar-refractivity contribution in [3.63, 3.8) is 0 Å². The van der Waals surface area contributed by atoms with Crippen molar-refractivity contribution >= 4 is 11.8 Å². The molecule has 3 atom stereocenters. The number of nitrogens with zero attached hydrogens (tertiary/aromatic N) is 1. The lowest BCUT2D eigenvalue weighted by Crippen LogP contribution is -2.46. The molecule has 0 bridgehead atoms. The minimum atomic E-state index is 0.00501. The van der Waals surface area contributed by atoms with E-state index in [-0.39, 0.29) is 29.7 Å². The highest BCUT2D eigenvalue weighted by molar-refractivity contribution is 6.05. The third kappa shape index (κ3) is 2.20. The van der Waals surface area contributed by atoms with Crippen LogP contribution in [0, 0.1) is 17.8 Å². The fourth-order valence-corrected chi connectivity index (χ4v) is 4.13. The van der Waals surface area contributed by atoms with Gasteiger partial charge in [-0.25, -0.2) is 0 Å². The van der Waals surface area contributed by atoms with Gasteiger partial charge in [0.2, 0.25) is 11.8 Å². The molecule has 0 aromatic heterocycles. The Bertz CT molecular complexity index is 352. The number of likely N-dealkylation sites (tertiary alicyclic amines) is 1. The van der Waals surface area contributed by atoms with Crippen molar-refractivity contribution in [2.24, 2.45) is 17.8 Å². The molecule has 0 spiro atoms. The first-order valence-corrected chi connectivity index (χ1v) is 7.78. The van der Waals surface area contributed by atoms with E-state index in [0.717, 1.165) is 51.6 Å². The number of nitrogens with one attached hydrogen (secondary N) is 1. The lowest BCUT2D eigenvalue weighted by Gasteiger charge is -2.33. The summed E-state index contributed by atoms with van der Waals surface area (Å²) in [4.78, 5) is 26.7. The summed E-state index contributed by atoms with van der Waals surface area (Å²) in [6.45, 7) is 4.10. The maximum absolute atomic E-state index is 12.5. The van der Waals surface area contributed by atoms with Crippen LogP contribution in [0.15, 0.2) is 0 Å². The lowest BCUT2D eigenvalue weighted by atomic mass is 9.81. The fourth-order valence-electron chi connectivity index (χ4n) is 4.13. The van der Waals surface area contributed by atoms with Crippen LogP contribution in [-0.2, 0) is 9.59 Å². The predicted octanol–water partition coefficient (Wildman–Crippen LogP) is 1.55. The molecular weight excluding hydrogens is 240 g/mol. The Morgan fingerprint density at radius 3 is 2.05 bits per heavy atom. The van der Waals surface area contributed by atoms with E-state index in [0.29, 0.717) is 5.92 Å². The number of imide groups is 1. The van der Waals surface area contributed by atoms with Gasteiger partial charge < -0.3 is 5.32 Å². The number of carbonyl (C=O) groups excluding carboxylic acids is 2. The molecule has 106 valence electrons. The average Bonchev–Trinajstić information content (AvgIpc) is 2.72. The molecule has 2 saturated heterocycles. The summed E-state index contributed by atoms with van der Waals surface area (Å²) >= 11 is 0. The normalized spacial score (nSPS) is 34.5. The van der Waals surface area contributed by atoms with E-state index in [2.05, 4.69) is 12.2 Å². The zero-order chi connectivity index (χ0) is 13.4. The Balaban J connectivity index is 1.76. The van der Waals surface area contributed by atoms with Crippen molar-refractivity contribution in [3.8, 4) is 0 Å². The number of fused-ring (bicyclic) bond motifs is 1. The minimum Gasteiger partial charge on any atom is -0.317 e. The number of carbonyl (C=O) groups is 2. The Labute approximate surface area is 114 Å². The second-order valence-electron chi connectivity index (χ2n) is 6.37. The molecule has 3 unspecified atom stereocenters. The molecule has 4 nitrogen and oxygen atoms in total. The smallest absolute Gasteiger partial charge is 0.233 e. The van der Waals surface area contributed by atoms with E-state index < -0.39 is 0 Å². The molecule has 19 heavy (non-hydrogen) atoms. The number of rotatable bonds is 2. The minimum absolute atomic E-state index is 0.00501. The first-order valence-electron chi connectivity index (χ1n) is 7.78. The summed E-state index contributed by atoms with van der Waals surface area (Å²) in [5.74, 6) is 0.742. The van der Waals surface area contributed by atoms with Gasteiger partial charge in [-0.1, -0.05) is 12.8 Å². The van der Waals surface area contributed by atoms with Gasteiger partial charge in [-0.05, 0) is 51.6 Å². The van der Waals surface area contributed by atoms with Crippen LogP contribution >= 0.6 is 0 Å². The number of hydrogen-bond donors (Lipinski definition) is 1. The number of hydrogen-bond acceptors (Lipinski definition) is 3. The van der Waals surface area contributed by atoms with E-state index in [4.69, 9.17) is 0 Å². The Hall–Kier alpha value is -0.900. The molecule has 3 aliphatic rings. The molecule has 0 aromatic carbocycles. The molecule has 0 radical (unpaired) electrons. The van der Waals surface area contributed by atoms with Crippen molar-refractivity contribution in [1.29, 1.82) is 0 Å². The second-order valence-corrected chi connectivity index (χ2v) is 6.37. The lowest BCUT2D eigenvalue weighted by molar-refractivity contribution is -0.143. The predicted molar refractivity (Wildman–Crippen MR) is 72.4 cm³/mol. The first-order chi connectivity index (χ1) is 9.20. The summed E-state index contributed by atoms with van der Waals surface area (Å²) in [6.07, 6.45) is 6.21. The Morgan fingerprint density at radius 2 is 1.53 bits per heavy atom. The monoisotopic (exact) mass is 264 g/mol. The summed E-state index contributed by atoms with van der Waals surface area (Å²) in [6, 6.07) is 0.0905. The third-order valence-corrected chi connectivity index (χ3v) is 5.35. The van der Waals surface area contributed by atoms with Gasteiger partial charge in [0.1, 0.15) is 0 Å². The molecule has 2 amide bonds. The SMILES string of the molecule is CC(C1CCNCC1)N1C(=O)C2CCCCC2C1=O. The van der Waals surface area contributed by atoms with Crippen molar-refractivity contribution in [2.75, 3.05) is 13.1 Å². The fraction of sp³-hybridized carbons (Fsp3) is 0.867. The van der Waals surface area contributed by atoms with E-state index in [1.165, 1.54) is 0 Å². The van der Waals surface area contributed by atoms with Crippen LogP contribution in [0.1, 0.15) is 45.4 Å². The highest BCUT2D eigenvalue weighted by atomic mass is 16.2. The van der Waals surface area contributed by atoms with Gasteiger partial charge in [-0.2, -0.15) is 0 Å². The van der Waals surface area contributed by atoms with E-state index in [9.17, 15) is 9.59 Å². The maximum Gasteiger partial charge on any atom is 0.233 e. The van der Waals surface area contributed by atoms with E-state index in [1.54, 1.807) is 4.90 Å². The van der Waals surface area contributed by atoms with Crippen molar-refractivity contribution < 1.29 is 9.59 Å². The van der Waals surface area contributed by atoms with Gasteiger partial charge in [0.05, 0.1) is 11.8 Å². The Kier molecular flexibility index (Phi) is 3.61. The topological polar surface area (TPSA) is 49.4 Å². The standard InChI is InChI=1S/C15H24N2O2/c1-10(11-6-8-16-9-7-11)17-14(18)12-4-2-3-5-13(12)15(17)19/h10-13,16H,2-9H2,1H3. The van der Waals surface area contributed by atoms with Crippen LogP contribution in [0.5, 0.6) is 0 Å². The van der Waals surface area contributed by atoms with E-state index >= 15 is 0 Å². The van der Waals surface area contributed by atoms with Gasteiger partial charge in [0.25, 0.3) is 0 Å². The molecule has 1 aliphatic carbocycles. The highest BCUT2D eigenvalue weighted by Gasteiger charge is 2.50. The van der Waals surface area contributed by atoms with Crippen molar-refractivity contribution in [1.82, 2.24) is 10.2 Å².